The Bertz CT molecular complexity index is 734. The minimum Gasteiger partial charge on any atom is -0.371 e. The SMILES string of the molecule is Cc1c(Cl)cccc1NC(c1cccs1)c1nccn1C. The van der Waals surface area contributed by atoms with Crippen LogP contribution in [0.15, 0.2) is 48.1 Å². The van der Waals surface area contributed by atoms with E-state index in [1.807, 2.05) is 49.1 Å². The molecule has 0 spiro atoms. The standard InChI is InChI=1S/C16H16ClN3S/c1-11-12(17)5-3-6-13(11)19-15(14-7-4-10-21-14)16-18-8-9-20(16)2/h3-10,15,19H,1-2H3. The van der Waals surface area contributed by atoms with Gasteiger partial charge in [0.2, 0.25) is 0 Å². The summed E-state index contributed by atoms with van der Waals surface area (Å²) in [4.78, 5) is 5.72. The van der Waals surface area contributed by atoms with E-state index in [0.717, 1.165) is 22.1 Å². The van der Waals surface area contributed by atoms with E-state index in [2.05, 4.69) is 27.8 Å². The summed E-state index contributed by atoms with van der Waals surface area (Å²) in [5.41, 5.74) is 2.08. The summed E-state index contributed by atoms with van der Waals surface area (Å²) in [6.07, 6.45) is 3.78. The van der Waals surface area contributed by atoms with Crippen molar-refractivity contribution < 1.29 is 0 Å². The number of thiophene rings is 1. The van der Waals surface area contributed by atoms with E-state index in [-0.39, 0.29) is 6.04 Å². The number of nitrogens with one attached hydrogen (secondary N) is 1. The van der Waals surface area contributed by atoms with Crippen molar-refractivity contribution in [1.82, 2.24) is 9.55 Å². The van der Waals surface area contributed by atoms with Crippen LogP contribution in [0.4, 0.5) is 5.69 Å². The quantitative estimate of drug-likeness (QED) is 0.759. The zero-order valence-corrected chi connectivity index (χ0v) is 13.4. The molecule has 2 aromatic heterocycles. The van der Waals surface area contributed by atoms with Crippen LogP contribution in [-0.4, -0.2) is 9.55 Å². The average molecular weight is 318 g/mol. The monoisotopic (exact) mass is 317 g/mol. The molecule has 0 aliphatic carbocycles. The topological polar surface area (TPSA) is 29.9 Å². The van der Waals surface area contributed by atoms with Gasteiger partial charge in [-0.2, -0.15) is 0 Å². The first-order chi connectivity index (χ1) is 10.2. The number of hydrogen-bond acceptors (Lipinski definition) is 3. The number of rotatable bonds is 4. The highest BCUT2D eigenvalue weighted by molar-refractivity contribution is 7.10. The van der Waals surface area contributed by atoms with Gasteiger partial charge in [0.05, 0.1) is 0 Å². The normalized spacial score (nSPS) is 12.3. The first-order valence-electron chi connectivity index (χ1n) is 6.69. The van der Waals surface area contributed by atoms with Crippen LogP contribution in [-0.2, 0) is 7.05 Å². The van der Waals surface area contributed by atoms with E-state index in [4.69, 9.17) is 11.6 Å². The maximum Gasteiger partial charge on any atom is 0.136 e. The van der Waals surface area contributed by atoms with E-state index in [0.29, 0.717) is 0 Å². The molecule has 0 aliphatic heterocycles. The predicted octanol–water partition coefficient (Wildman–Crippen LogP) is 4.64. The van der Waals surface area contributed by atoms with Crippen LogP contribution >= 0.6 is 22.9 Å². The average Bonchev–Trinajstić information content (AvgIpc) is 3.12. The zero-order valence-electron chi connectivity index (χ0n) is 11.9. The van der Waals surface area contributed by atoms with Crippen molar-refractivity contribution in [3.8, 4) is 0 Å². The highest BCUT2D eigenvalue weighted by atomic mass is 35.5. The van der Waals surface area contributed by atoms with Gasteiger partial charge in [-0.05, 0) is 36.1 Å². The van der Waals surface area contributed by atoms with Crippen LogP contribution in [0.1, 0.15) is 22.3 Å². The molecular formula is C16H16ClN3S. The number of anilines is 1. The highest BCUT2D eigenvalue weighted by Crippen LogP contribution is 2.31. The summed E-state index contributed by atoms with van der Waals surface area (Å²) in [7, 11) is 2.01. The summed E-state index contributed by atoms with van der Waals surface area (Å²) in [6, 6.07) is 10.1. The second-order valence-corrected chi connectivity index (χ2v) is 6.29. The Labute approximate surface area is 133 Å². The number of aromatic nitrogens is 2. The molecule has 1 N–H and O–H groups in total. The van der Waals surface area contributed by atoms with Gasteiger partial charge in [0, 0.05) is 35.0 Å². The minimum atomic E-state index is 0.0159. The number of aryl methyl sites for hydroxylation is 1. The van der Waals surface area contributed by atoms with Crippen molar-refractivity contribution in [3.63, 3.8) is 0 Å². The second kappa shape index (κ2) is 5.92. The van der Waals surface area contributed by atoms with Gasteiger partial charge >= 0.3 is 0 Å². The zero-order chi connectivity index (χ0) is 14.8. The largest absolute Gasteiger partial charge is 0.371 e. The second-order valence-electron chi connectivity index (χ2n) is 4.90. The third-order valence-electron chi connectivity index (χ3n) is 3.51. The van der Waals surface area contributed by atoms with E-state index in [9.17, 15) is 0 Å². The van der Waals surface area contributed by atoms with Gasteiger partial charge in [0.1, 0.15) is 11.9 Å². The number of hydrogen-bond donors (Lipinski definition) is 1. The Hall–Kier alpha value is -1.78. The molecule has 0 radical (unpaired) electrons. The number of nitrogens with zero attached hydrogens (tertiary/aromatic N) is 2. The summed E-state index contributed by atoms with van der Waals surface area (Å²) < 4.78 is 2.04. The van der Waals surface area contributed by atoms with Crippen molar-refractivity contribution >= 4 is 28.6 Å². The Morgan fingerprint density at radius 1 is 1.29 bits per heavy atom. The minimum absolute atomic E-state index is 0.0159. The molecular weight excluding hydrogens is 302 g/mol. The van der Waals surface area contributed by atoms with E-state index in [1.165, 1.54) is 4.88 Å². The summed E-state index contributed by atoms with van der Waals surface area (Å²) in [5, 5.41) is 6.43. The number of halogens is 1. The van der Waals surface area contributed by atoms with Crippen molar-refractivity contribution in [2.75, 3.05) is 5.32 Å². The fourth-order valence-corrected chi connectivity index (χ4v) is 3.24. The van der Waals surface area contributed by atoms with Crippen molar-refractivity contribution in [3.05, 3.63) is 69.4 Å². The first-order valence-corrected chi connectivity index (χ1v) is 7.95. The fourth-order valence-electron chi connectivity index (χ4n) is 2.29. The third kappa shape index (κ3) is 2.82. The van der Waals surface area contributed by atoms with Crippen LogP contribution in [0.3, 0.4) is 0 Å². The lowest BCUT2D eigenvalue weighted by Gasteiger charge is -2.20. The molecule has 3 aromatic rings. The van der Waals surface area contributed by atoms with Gasteiger partial charge in [-0.1, -0.05) is 23.7 Å². The lowest BCUT2D eigenvalue weighted by Crippen LogP contribution is -2.16. The van der Waals surface area contributed by atoms with Crippen LogP contribution in [0.25, 0.3) is 0 Å². The molecule has 1 unspecified atom stereocenters. The molecule has 0 bridgehead atoms. The molecule has 0 saturated heterocycles. The smallest absolute Gasteiger partial charge is 0.136 e. The van der Waals surface area contributed by atoms with Crippen molar-refractivity contribution in [2.45, 2.75) is 13.0 Å². The maximum atomic E-state index is 6.22. The van der Waals surface area contributed by atoms with Gasteiger partial charge in [-0.15, -0.1) is 11.3 Å². The van der Waals surface area contributed by atoms with E-state index >= 15 is 0 Å². The van der Waals surface area contributed by atoms with Gasteiger partial charge in [0.15, 0.2) is 0 Å². The van der Waals surface area contributed by atoms with Gasteiger partial charge in [0.25, 0.3) is 0 Å². The molecule has 0 aliphatic rings. The van der Waals surface area contributed by atoms with Crippen molar-refractivity contribution in [1.29, 1.82) is 0 Å². The Morgan fingerprint density at radius 2 is 2.14 bits per heavy atom. The Kier molecular flexibility index (Phi) is 3.99. The highest BCUT2D eigenvalue weighted by Gasteiger charge is 2.20. The Morgan fingerprint density at radius 3 is 2.81 bits per heavy atom. The number of benzene rings is 1. The predicted molar refractivity (Wildman–Crippen MR) is 89.2 cm³/mol. The molecule has 108 valence electrons. The molecule has 2 heterocycles. The molecule has 0 fully saturated rings. The van der Waals surface area contributed by atoms with E-state index in [1.54, 1.807) is 11.3 Å². The first kappa shape index (κ1) is 14.2. The van der Waals surface area contributed by atoms with Crippen molar-refractivity contribution in [2.24, 2.45) is 7.05 Å². The molecule has 3 rings (SSSR count). The van der Waals surface area contributed by atoms with Crippen LogP contribution in [0, 0.1) is 6.92 Å². The molecule has 1 aromatic carbocycles. The van der Waals surface area contributed by atoms with Gasteiger partial charge < -0.3 is 9.88 Å². The molecule has 3 nitrogen and oxygen atoms in total. The summed E-state index contributed by atoms with van der Waals surface area (Å²) in [6.45, 7) is 2.02. The van der Waals surface area contributed by atoms with Gasteiger partial charge in [-0.3, -0.25) is 0 Å². The molecule has 21 heavy (non-hydrogen) atoms. The van der Waals surface area contributed by atoms with Gasteiger partial charge in [-0.25, -0.2) is 4.98 Å². The maximum absolute atomic E-state index is 6.22. The molecule has 0 saturated carbocycles. The summed E-state index contributed by atoms with van der Waals surface area (Å²) in [5.74, 6) is 0.983. The Balaban J connectivity index is 2.01. The number of imidazole rings is 1. The van der Waals surface area contributed by atoms with Crippen LogP contribution < -0.4 is 5.32 Å². The molecule has 0 amide bonds. The molecule has 5 heteroatoms. The lowest BCUT2D eigenvalue weighted by molar-refractivity contribution is 0.756. The fraction of sp³-hybridized carbons (Fsp3) is 0.188. The van der Waals surface area contributed by atoms with E-state index < -0.39 is 0 Å². The summed E-state index contributed by atoms with van der Waals surface area (Å²) >= 11 is 7.94. The lowest BCUT2D eigenvalue weighted by atomic mass is 10.1. The van der Waals surface area contributed by atoms with Crippen LogP contribution in [0.5, 0.6) is 0 Å². The third-order valence-corrected chi connectivity index (χ3v) is 4.86. The molecule has 1 atom stereocenters. The van der Waals surface area contributed by atoms with Crippen LogP contribution in [0.2, 0.25) is 5.02 Å².